The van der Waals surface area contributed by atoms with Gasteiger partial charge < -0.3 is 5.73 Å². The fraction of sp³-hybridized carbons (Fsp3) is 0.579. The number of thiophene rings is 1. The fourth-order valence-electron chi connectivity index (χ4n) is 3.00. The second-order valence-electron chi connectivity index (χ2n) is 6.52. The second-order valence-corrected chi connectivity index (χ2v) is 7.44. The van der Waals surface area contributed by atoms with Gasteiger partial charge in [0, 0.05) is 16.6 Å². The van der Waals surface area contributed by atoms with Crippen molar-refractivity contribution in [2.24, 2.45) is 5.73 Å². The molecule has 0 saturated carbocycles. The summed E-state index contributed by atoms with van der Waals surface area (Å²) < 4.78 is 37.7. The third kappa shape index (κ3) is 5.35. The Labute approximate surface area is 152 Å². The maximum Gasteiger partial charge on any atom is 0.403 e. The molecule has 140 valence electrons. The van der Waals surface area contributed by atoms with Crippen molar-refractivity contribution in [3.05, 3.63) is 39.7 Å². The lowest BCUT2D eigenvalue weighted by Gasteiger charge is -2.38. The number of hydrogen-bond donors (Lipinski definition) is 2. The number of halogens is 3. The summed E-state index contributed by atoms with van der Waals surface area (Å²) in [5.41, 5.74) is 8.82. The molecule has 2 nitrogen and oxygen atoms in total. The minimum Gasteiger partial charge on any atom is -0.401 e. The minimum atomic E-state index is -4.19. The molecule has 2 heterocycles. The van der Waals surface area contributed by atoms with Crippen molar-refractivity contribution in [2.75, 3.05) is 0 Å². The molecule has 1 aromatic heterocycles. The predicted molar refractivity (Wildman–Crippen MR) is 99.5 cm³/mol. The first-order valence-electron chi connectivity index (χ1n) is 8.89. The van der Waals surface area contributed by atoms with Gasteiger partial charge in [0.25, 0.3) is 0 Å². The topological polar surface area (TPSA) is 38.0 Å². The molecular formula is C19H27F3N2S. The van der Waals surface area contributed by atoms with E-state index in [1.54, 1.807) is 11.3 Å². The summed E-state index contributed by atoms with van der Waals surface area (Å²) in [5, 5.41) is 4.58. The van der Waals surface area contributed by atoms with Gasteiger partial charge >= 0.3 is 6.18 Å². The van der Waals surface area contributed by atoms with Crippen LogP contribution in [0.3, 0.4) is 0 Å². The van der Waals surface area contributed by atoms with E-state index in [0.717, 1.165) is 18.4 Å². The summed E-state index contributed by atoms with van der Waals surface area (Å²) in [6, 6.07) is 0.310. The lowest BCUT2D eigenvalue weighted by molar-refractivity contribution is -0.174. The fourth-order valence-corrected chi connectivity index (χ4v) is 4.01. The Bertz CT molecular complexity index is 610. The van der Waals surface area contributed by atoms with E-state index < -0.39 is 18.3 Å². The summed E-state index contributed by atoms with van der Waals surface area (Å²) >= 11 is 1.66. The van der Waals surface area contributed by atoms with E-state index >= 15 is 0 Å². The molecular weight excluding hydrogens is 345 g/mol. The summed E-state index contributed by atoms with van der Waals surface area (Å²) in [6.45, 7) is 4.13. The lowest BCUT2D eigenvalue weighted by Crippen LogP contribution is -2.61. The standard InChI is InChI=1S/C19H27F3N2S/c1-3-5-6-7-8-14-9-10-25-18(14)13(4-2)11-15(23)16-12-17(24-16)19(20,21)22/h4,9-11,16-17,24H,3,5-8,12,23H2,1-2H3/b13-4+,15-11-. The van der Waals surface area contributed by atoms with Crippen LogP contribution < -0.4 is 11.1 Å². The zero-order valence-corrected chi connectivity index (χ0v) is 15.6. The van der Waals surface area contributed by atoms with Crippen molar-refractivity contribution in [1.29, 1.82) is 0 Å². The molecule has 0 spiro atoms. The second kappa shape index (κ2) is 8.90. The third-order valence-corrected chi connectivity index (χ3v) is 5.62. The van der Waals surface area contributed by atoms with Gasteiger partial charge in [0.1, 0.15) is 6.04 Å². The van der Waals surface area contributed by atoms with Crippen LogP contribution in [0.25, 0.3) is 5.57 Å². The van der Waals surface area contributed by atoms with Crippen LogP contribution in [0.2, 0.25) is 0 Å². The van der Waals surface area contributed by atoms with Gasteiger partial charge in [-0.2, -0.15) is 13.2 Å². The zero-order chi connectivity index (χ0) is 18.4. The number of rotatable bonds is 8. The molecule has 1 aromatic rings. The van der Waals surface area contributed by atoms with E-state index in [1.807, 2.05) is 19.1 Å². The molecule has 2 atom stereocenters. The zero-order valence-electron chi connectivity index (χ0n) is 14.8. The Morgan fingerprint density at radius 1 is 1.36 bits per heavy atom. The quantitative estimate of drug-likeness (QED) is 0.473. The largest absolute Gasteiger partial charge is 0.403 e. The van der Waals surface area contributed by atoms with Crippen molar-refractivity contribution >= 4 is 16.9 Å². The van der Waals surface area contributed by atoms with Gasteiger partial charge in [-0.3, -0.25) is 5.32 Å². The summed E-state index contributed by atoms with van der Waals surface area (Å²) in [5.74, 6) is 0. The van der Waals surface area contributed by atoms with E-state index in [4.69, 9.17) is 5.73 Å². The van der Waals surface area contributed by atoms with Crippen molar-refractivity contribution in [2.45, 2.75) is 70.6 Å². The van der Waals surface area contributed by atoms with Crippen molar-refractivity contribution in [3.8, 4) is 0 Å². The van der Waals surface area contributed by atoms with Crippen molar-refractivity contribution in [1.82, 2.24) is 5.32 Å². The molecule has 0 radical (unpaired) electrons. The van der Waals surface area contributed by atoms with Crippen LogP contribution >= 0.6 is 11.3 Å². The van der Waals surface area contributed by atoms with Crippen LogP contribution in [0.4, 0.5) is 13.2 Å². The maximum atomic E-state index is 12.6. The summed E-state index contributed by atoms with van der Waals surface area (Å²) in [4.78, 5) is 1.17. The number of alkyl halides is 3. The Morgan fingerprint density at radius 2 is 2.08 bits per heavy atom. The summed E-state index contributed by atoms with van der Waals surface area (Å²) in [7, 11) is 0. The maximum absolute atomic E-state index is 12.6. The molecule has 1 aliphatic rings. The first-order chi connectivity index (χ1) is 11.9. The van der Waals surface area contributed by atoms with Crippen LogP contribution in [0.5, 0.6) is 0 Å². The Kier molecular flexibility index (Phi) is 7.14. The van der Waals surface area contributed by atoms with Crippen LogP contribution in [0, 0.1) is 0 Å². The molecule has 0 amide bonds. The molecule has 2 rings (SSSR count). The molecule has 2 unspecified atom stereocenters. The molecule has 3 N–H and O–H groups in total. The van der Waals surface area contributed by atoms with Gasteiger partial charge in [-0.15, -0.1) is 11.3 Å². The van der Waals surface area contributed by atoms with Gasteiger partial charge in [0.05, 0.1) is 0 Å². The highest BCUT2D eigenvalue weighted by Crippen LogP contribution is 2.33. The first-order valence-corrected chi connectivity index (χ1v) is 9.77. The normalized spacial score (nSPS) is 22.1. The van der Waals surface area contributed by atoms with Gasteiger partial charge in [0.15, 0.2) is 0 Å². The van der Waals surface area contributed by atoms with Gasteiger partial charge in [-0.25, -0.2) is 0 Å². The Morgan fingerprint density at radius 3 is 2.68 bits per heavy atom. The average molecular weight is 373 g/mol. The van der Waals surface area contributed by atoms with Crippen molar-refractivity contribution < 1.29 is 13.2 Å². The molecule has 0 aliphatic carbocycles. The molecule has 6 heteroatoms. The third-order valence-electron chi connectivity index (χ3n) is 4.61. The first kappa shape index (κ1) is 20.0. The number of unbranched alkanes of at least 4 members (excludes halogenated alkanes) is 3. The van der Waals surface area contributed by atoms with Gasteiger partial charge in [-0.1, -0.05) is 32.3 Å². The van der Waals surface area contributed by atoms with E-state index in [2.05, 4.69) is 23.7 Å². The monoisotopic (exact) mass is 372 g/mol. The number of nitrogens with one attached hydrogen (secondary N) is 1. The number of allylic oxidation sites excluding steroid dienone is 3. The van der Waals surface area contributed by atoms with Crippen LogP contribution in [-0.4, -0.2) is 18.3 Å². The number of aryl methyl sites for hydroxylation is 1. The highest BCUT2D eigenvalue weighted by molar-refractivity contribution is 7.11. The van der Waals surface area contributed by atoms with Crippen LogP contribution in [-0.2, 0) is 6.42 Å². The number of nitrogens with two attached hydrogens (primary N) is 1. The van der Waals surface area contributed by atoms with E-state index in [0.29, 0.717) is 5.70 Å². The average Bonchev–Trinajstić information content (AvgIpc) is 2.94. The van der Waals surface area contributed by atoms with E-state index in [1.165, 1.54) is 29.7 Å². The Hall–Kier alpha value is -1.27. The molecule has 0 aromatic carbocycles. The lowest BCUT2D eigenvalue weighted by atomic mass is 9.92. The summed E-state index contributed by atoms with van der Waals surface area (Å²) in [6.07, 6.45) is 5.49. The predicted octanol–water partition coefficient (Wildman–Crippen LogP) is 5.41. The van der Waals surface area contributed by atoms with Crippen LogP contribution in [0.1, 0.15) is 56.4 Å². The highest BCUT2D eigenvalue weighted by atomic mass is 32.1. The molecule has 1 fully saturated rings. The van der Waals surface area contributed by atoms with E-state index in [9.17, 15) is 13.2 Å². The van der Waals surface area contributed by atoms with E-state index in [-0.39, 0.29) is 6.42 Å². The van der Waals surface area contributed by atoms with Gasteiger partial charge in [-0.05, 0) is 54.8 Å². The number of hydrogen-bond acceptors (Lipinski definition) is 3. The minimum absolute atomic E-state index is 0.0111. The molecule has 25 heavy (non-hydrogen) atoms. The Balaban J connectivity index is 2.00. The molecule has 1 aliphatic heterocycles. The molecule has 1 saturated heterocycles. The van der Waals surface area contributed by atoms with Crippen LogP contribution in [0.15, 0.2) is 29.3 Å². The molecule has 0 bridgehead atoms. The SMILES string of the molecule is C/C=C(\C=C(/N)C1CC(C(F)(F)F)N1)c1sccc1CCCCCC. The van der Waals surface area contributed by atoms with Crippen molar-refractivity contribution in [3.63, 3.8) is 0 Å². The smallest absolute Gasteiger partial charge is 0.401 e. The highest BCUT2D eigenvalue weighted by Gasteiger charge is 2.48. The van der Waals surface area contributed by atoms with Gasteiger partial charge in [0.2, 0.25) is 0 Å².